The van der Waals surface area contributed by atoms with Crippen molar-refractivity contribution < 1.29 is 0 Å². The van der Waals surface area contributed by atoms with E-state index in [1.807, 2.05) is 7.05 Å². The van der Waals surface area contributed by atoms with Crippen molar-refractivity contribution in [1.29, 1.82) is 0 Å². The van der Waals surface area contributed by atoms with Crippen LogP contribution in [0.2, 0.25) is 0 Å². The largest absolute Gasteiger partial charge is 0.316 e. The maximum absolute atomic E-state index is 3.18. The summed E-state index contributed by atoms with van der Waals surface area (Å²) in [6.07, 6.45) is 4.13. The van der Waals surface area contributed by atoms with Gasteiger partial charge in [0.15, 0.2) is 0 Å². The summed E-state index contributed by atoms with van der Waals surface area (Å²) in [5.41, 5.74) is 5.52. The van der Waals surface area contributed by atoms with Crippen LogP contribution < -0.4 is 5.32 Å². The topological polar surface area (TPSA) is 12.0 Å². The van der Waals surface area contributed by atoms with E-state index in [-0.39, 0.29) is 0 Å². The molecule has 1 saturated carbocycles. The Morgan fingerprint density at radius 2 is 1.79 bits per heavy atom. The van der Waals surface area contributed by atoms with Crippen molar-refractivity contribution in [1.82, 2.24) is 5.32 Å². The van der Waals surface area contributed by atoms with E-state index in [1.165, 1.54) is 41.5 Å². The number of rotatable bonds is 4. The summed E-state index contributed by atoms with van der Waals surface area (Å²) < 4.78 is 0. The lowest BCUT2D eigenvalue weighted by Crippen LogP contribution is -2.08. The Kier molecular flexibility index (Phi) is 3.65. The lowest BCUT2D eigenvalue weighted by Gasteiger charge is -2.26. The molecule has 19 heavy (non-hydrogen) atoms. The normalized spacial score (nSPS) is 15.2. The van der Waals surface area contributed by atoms with Crippen molar-refractivity contribution in [2.75, 3.05) is 7.05 Å². The molecule has 2 aromatic rings. The van der Waals surface area contributed by atoms with Crippen molar-refractivity contribution in [3.05, 3.63) is 59.7 Å². The third-order valence-corrected chi connectivity index (χ3v) is 4.13. The maximum atomic E-state index is 3.18. The third-order valence-electron chi connectivity index (χ3n) is 4.13. The van der Waals surface area contributed by atoms with E-state index >= 15 is 0 Å². The fourth-order valence-electron chi connectivity index (χ4n) is 2.73. The summed E-state index contributed by atoms with van der Waals surface area (Å²) in [6.45, 7) is 0.933. The van der Waals surface area contributed by atoms with Crippen molar-refractivity contribution in [3.63, 3.8) is 0 Å². The first-order valence-electron chi connectivity index (χ1n) is 7.21. The molecule has 98 valence electrons. The molecule has 0 spiro atoms. The summed E-state index contributed by atoms with van der Waals surface area (Å²) in [4.78, 5) is 0. The fourth-order valence-corrected chi connectivity index (χ4v) is 2.73. The van der Waals surface area contributed by atoms with Crippen molar-refractivity contribution in [3.8, 4) is 11.1 Å². The second-order valence-electron chi connectivity index (χ2n) is 5.48. The average molecular weight is 251 g/mol. The van der Waals surface area contributed by atoms with E-state index in [9.17, 15) is 0 Å². The van der Waals surface area contributed by atoms with Gasteiger partial charge >= 0.3 is 0 Å². The van der Waals surface area contributed by atoms with Crippen LogP contribution >= 0.6 is 0 Å². The van der Waals surface area contributed by atoms with Crippen LogP contribution in [0, 0.1) is 0 Å². The minimum atomic E-state index is 0.809. The van der Waals surface area contributed by atoms with Gasteiger partial charge in [0.1, 0.15) is 0 Å². The lowest BCUT2D eigenvalue weighted by atomic mass is 9.79. The first-order chi connectivity index (χ1) is 9.36. The van der Waals surface area contributed by atoms with Gasteiger partial charge in [-0.2, -0.15) is 0 Å². The molecule has 1 fully saturated rings. The molecule has 0 saturated heterocycles. The molecule has 1 aliphatic carbocycles. The Labute approximate surface area is 115 Å². The first kappa shape index (κ1) is 12.4. The molecule has 3 rings (SSSR count). The van der Waals surface area contributed by atoms with E-state index in [0.29, 0.717) is 0 Å². The molecule has 0 bridgehead atoms. The van der Waals surface area contributed by atoms with E-state index in [4.69, 9.17) is 0 Å². The summed E-state index contributed by atoms with van der Waals surface area (Å²) in [7, 11) is 1.98. The maximum Gasteiger partial charge on any atom is 0.0202 e. The minimum Gasteiger partial charge on any atom is -0.316 e. The van der Waals surface area contributed by atoms with Crippen LogP contribution in [0.1, 0.15) is 36.3 Å². The van der Waals surface area contributed by atoms with Gasteiger partial charge in [-0.25, -0.2) is 0 Å². The van der Waals surface area contributed by atoms with E-state index in [2.05, 4.69) is 53.8 Å². The summed E-state index contributed by atoms with van der Waals surface area (Å²) in [5, 5.41) is 3.18. The molecular formula is C18H21N. The Morgan fingerprint density at radius 1 is 1.00 bits per heavy atom. The summed E-state index contributed by atoms with van der Waals surface area (Å²) in [6, 6.07) is 17.9. The second kappa shape index (κ2) is 5.58. The predicted molar refractivity (Wildman–Crippen MR) is 81.2 cm³/mol. The third kappa shape index (κ3) is 2.71. The molecule has 0 radical (unpaired) electrons. The molecule has 0 aromatic heterocycles. The smallest absolute Gasteiger partial charge is 0.0202 e. The molecular weight excluding hydrogens is 230 g/mol. The molecule has 0 atom stereocenters. The second-order valence-corrected chi connectivity index (χ2v) is 5.48. The fraction of sp³-hybridized carbons (Fsp3) is 0.333. The van der Waals surface area contributed by atoms with Gasteiger partial charge in [0, 0.05) is 6.54 Å². The highest BCUT2D eigenvalue weighted by Gasteiger charge is 2.19. The van der Waals surface area contributed by atoms with Crippen molar-refractivity contribution in [2.45, 2.75) is 31.7 Å². The van der Waals surface area contributed by atoms with Gasteiger partial charge < -0.3 is 5.32 Å². The molecule has 0 heterocycles. The number of benzene rings is 2. The number of nitrogens with one attached hydrogen (secondary N) is 1. The Bertz CT molecular complexity index is 538. The molecule has 1 heteroatoms. The van der Waals surface area contributed by atoms with Crippen LogP contribution in [0.15, 0.2) is 48.5 Å². The van der Waals surface area contributed by atoms with Crippen molar-refractivity contribution >= 4 is 0 Å². The van der Waals surface area contributed by atoms with E-state index in [0.717, 1.165) is 12.5 Å². The van der Waals surface area contributed by atoms with E-state index < -0.39 is 0 Å². The van der Waals surface area contributed by atoms with Crippen LogP contribution in [0.5, 0.6) is 0 Å². The van der Waals surface area contributed by atoms with Crippen LogP contribution in [0.3, 0.4) is 0 Å². The SMILES string of the molecule is CNCc1ccc(-c2cccc(C3CCC3)c2)cc1. The molecule has 1 nitrogen and oxygen atoms in total. The number of hydrogen-bond donors (Lipinski definition) is 1. The van der Waals surface area contributed by atoms with Gasteiger partial charge in [0.05, 0.1) is 0 Å². The summed E-state index contributed by atoms with van der Waals surface area (Å²) in [5.74, 6) is 0.809. The van der Waals surface area contributed by atoms with Crippen LogP contribution in [0.4, 0.5) is 0 Å². The Hall–Kier alpha value is -1.60. The first-order valence-corrected chi connectivity index (χ1v) is 7.21. The molecule has 0 amide bonds. The highest BCUT2D eigenvalue weighted by atomic mass is 14.8. The average Bonchev–Trinajstić information content (AvgIpc) is 2.38. The van der Waals surface area contributed by atoms with Gasteiger partial charge in [-0.15, -0.1) is 0 Å². The van der Waals surface area contributed by atoms with Crippen LogP contribution in [-0.2, 0) is 6.54 Å². The molecule has 1 aliphatic rings. The molecule has 1 N–H and O–H groups in total. The number of hydrogen-bond acceptors (Lipinski definition) is 1. The highest BCUT2D eigenvalue weighted by molar-refractivity contribution is 5.64. The standard InChI is InChI=1S/C18H21N/c1-19-13-14-8-10-16(11-9-14)18-7-3-6-17(12-18)15-4-2-5-15/h3,6-12,15,19H,2,4-5,13H2,1H3. The molecule has 2 aromatic carbocycles. The minimum absolute atomic E-state index is 0.809. The molecule has 0 aliphatic heterocycles. The highest BCUT2D eigenvalue weighted by Crippen LogP contribution is 2.37. The monoisotopic (exact) mass is 251 g/mol. The zero-order chi connectivity index (χ0) is 13.1. The lowest BCUT2D eigenvalue weighted by molar-refractivity contribution is 0.420. The van der Waals surface area contributed by atoms with Gasteiger partial charge in [0.2, 0.25) is 0 Å². The van der Waals surface area contributed by atoms with Gasteiger partial charge in [-0.3, -0.25) is 0 Å². The Balaban J connectivity index is 1.84. The summed E-state index contributed by atoms with van der Waals surface area (Å²) >= 11 is 0. The van der Waals surface area contributed by atoms with Gasteiger partial charge in [0.25, 0.3) is 0 Å². The zero-order valence-corrected chi connectivity index (χ0v) is 11.5. The van der Waals surface area contributed by atoms with Crippen molar-refractivity contribution in [2.24, 2.45) is 0 Å². The van der Waals surface area contributed by atoms with Gasteiger partial charge in [-0.05, 0) is 48.1 Å². The van der Waals surface area contributed by atoms with Gasteiger partial charge in [-0.1, -0.05) is 55.0 Å². The Morgan fingerprint density at radius 3 is 2.42 bits per heavy atom. The van der Waals surface area contributed by atoms with Crippen LogP contribution in [-0.4, -0.2) is 7.05 Å². The van der Waals surface area contributed by atoms with E-state index in [1.54, 1.807) is 0 Å². The quantitative estimate of drug-likeness (QED) is 0.852. The van der Waals surface area contributed by atoms with Crippen LogP contribution in [0.25, 0.3) is 11.1 Å². The zero-order valence-electron chi connectivity index (χ0n) is 11.5. The molecule has 0 unspecified atom stereocenters. The predicted octanol–water partition coefficient (Wildman–Crippen LogP) is 4.34.